The van der Waals surface area contributed by atoms with Gasteiger partial charge in [-0.15, -0.1) is 0 Å². The normalized spacial score (nSPS) is 13.4. The van der Waals surface area contributed by atoms with Gasteiger partial charge < -0.3 is 14.7 Å². The summed E-state index contributed by atoms with van der Waals surface area (Å²) in [4.78, 5) is 7.61. The van der Waals surface area contributed by atoms with Crippen molar-refractivity contribution in [2.45, 2.75) is 0 Å². The van der Waals surface area contributed by atoms with E-state index in [4.69, 9.17) is 0 Å². The van der Waals surface area contributed by atoms with Gasteiger partial charge in [0.05, 0.1) is 0 Å². The maximum absolute atomic E-state index is 4.05. The Labute approximate surface area is 369 Å². The van der Waals surface area contributed by atoms with Crippen LogP contribution in [0.5, 0.6) is 0 Å². The summed E-state index contributed by atoms with van der Waals surface area (Å²) in [7, 11) is 0. The Bertz CT molecular complexity index is 3360. The Morgan fingerprint density at radius 2 is 0.762 bits per heavy atom. The molecule has 0 saturated heterocycles. The van der Waals surface area contributed by atoms with E-state index < -0.39 is 0 Å². The lowest BCUT2D eigenvalue weighted by molar-refractivity contribution is 1.24. The highest BCUT2D eigenvalue weighted by Crippen LogP contribution is 2.49. The van der Waals surface area contributed by atoms with E-state index in [-0.39, 0.29) is 13.4 Å². The van der Waals surface area contributed by atoms with Crippen LogP contribution in [0.2, 0.25) is 0 Å². The molecule has 0 bridgehead atoms. The maximum Gasteiger partial charge on any atom is 0.252 e. The SMILES string of the molecule is C=Cc1ccc(-c2cccc(N3c4ccccc4B4c5cccc6c5N(c5cccc3c54)c3cc(-c4ccc(C=C)cc4)cc4c3B6c3ccccc3N4c3ccccc3)c2)cc1. The van der Waals surface area contributed by atoms with Crippen LogP contribution in [0.15, 0.2) is 213 Å². The van der Waals surface area contributed by atoms with Gasteiger partial charge in [0, 0.05) is 51.2 Å². The van der Waals surface area contributed by atoms with Crippen LogP contribution in [-0.4, -0.2) is 13.4 Å². The number of para-hydroxylation sites is 4. The minimum Gasteiger partial charge on any atom is -0.312 e. The summed E-state index contributed by atoms with van der Waals surface area (Å²) < 4.78 is 0. The van der Waals surface area contributed by atoms with Crippen molar-refractivity contribution in [3.63, 3.8) is 0 Å². The zero-order valence-electron chi connectivity index (χ0n) is 34.6. The molecule has 0 atom stereocenters. The van der Waals surface area contributed by atoms with Gasteiger partial charge in [0.1, 0.15) is 0 Å². The maximum atomic E-state index is 4.05. The fraction of sp³-hybridized carbons (Fsp3) is 0. The average Bonchev–Trinajstić information content (AvgIpc) is 3.35. The molecule has 13 rings (SSSR count). The molecule has 3 nitrogen and oxygen atoms in total. The van der Waals surface area contributed by atoms with Crippen LogP contribution in [0.1, 0.15) is 11.1 Å². The molecule has 0 unspecified atom stereocenters. The smallest absolute Gasteiger partial charge is 0.252 e. The molecule has 9 aromatic carbocycles. The number of rotatable bonds is 6. The first-order valence-electron chi connectivity index (χ1n) is 21.8. The second-order valence-electron chi connectivity index (χ2n) is 17.0. The molecule has 4 heterocycles. The topological polar surface area (TPSA) is 9.72 Å². The molecule has 0 aliphatic carbocycles. The Morgan fingerprint density at radius 1 is 0.317 bits per heavy atom. The fourth-order valence-corrected chi connectivity index (χ4v) is 11.0. The number of nitrogens with zero attached hydrogens (tertiary/aromatic N) is 3. The second kappa shape index (κ2) is 13.8. The predicted molar refractivity (Wildman–Crippen MR) is 271 cm³/mol. The summed E-state index contributed by atoms with van der Waals surface area (Å²) in [6.07, 6.45) is 3.81. The van der Waals surface area contributed by atoms with E-state index in [1.807, 2.05) is 12.2 Å². The first kappa shape index (κ1) is 35.7. The largest absolute Gasteiger partial charge is 0.312 e. The third kappa shape index (κ3) is 5.17. The summed E-state index contributed by atoms with van der Waals surface area (Å²) in [5.74, 6) is 0. The first-order valence-corrected chi connectivity index (χ1v) is 21.8. The van der Waals surface area contributed by atoms with Crippen LogP contribution in [0.4, 0.5) is 51.2 Å². The van der Waals surface area contributed by atoms with Crippen LogP contribution in [0.3, 0.4) is 0 Å². The molecule has 0 fully saturated rings. The average molecular weight is 800 g/mol. The molecule has 9 aromatic rings. The van der Waals surface area contributed by atoms with Gasteiger partial charge in [-0.3, -0.25) is 0 Å². The van der Waals surface area contributed by atoms with Crippen molar-refractivity contribution in [2.24, 2.45) is 0 Å². The van der Waals surface area contributed by atoms with Gasteiger partial charge in [0.25, 0.3) is 13.4 Å². The van der Waals surface area contributed by atoms with Crippen molar-refractivity contribution in [3.8, 4) is 22.3 Å². The minimum atomic E-state index is 0.0397. The molecule has 292 valence electrons. The number of fused-ring (bicyclic) bond motifs is 8. The monoisotopic (exact) mass is 799 g/mol. The molecule has 4 aliphatic heterocycles. The number of hydrogen-bond donors (Lipinski definition) is 0. The third-order valence-electron chi connectivity index (χ3n) is 13.7. The Kier molecular flexibility index (Phi) is 7.80. The molecule has 0 N–H and O–H groups in total. The lowest BCUT2D eigenvalue weighted by Crippen LogP contribution is -2.68. The Balaban J connectivity index is 1.09. The molecular formula is C58H39B2N3. The molecule has 63 heavy (non-hydrogen) atoms. The second-order valence-corrected chi connectivity index (χ2v) is 17.0. The highest BCUT2D eigenvalue weighted by Gasteiger charge is 2.50. The molecule has 0 spiro atoms. The quantitative estimate of drug-likeness (QED) is 0.155. The van der Waals surface area contributed by atoms with Crippen molar-refractivity contribution < 1.29 is 0 Å². The fourth-order valence-electron chi connectivity index (χ4n) is 11.0. The zero-order chi connectivity index (χ0) is 41.8. The molecule has 4 aliphatic rings. The number of benzene rings is 9. The van der Waals surface area contributed by atoms with E-state index >= 15 is 0 Å². The first-order chi connectivity index (χ1) is 31.2. The molecule has 0 radical (unpaired) electrons. The Hall–Kier alpha value is -8.01. The van der Waals surface area contributed by atoms with Crippen LogP contribution in [0, 0.1) is 0 Å². The lowest BCUT2D eigenvalue weighted by Gasteiger charge is -2.49. The van der Waals surface area contributed by atoms with E-state index in [0.29, 0.717) is 0 Å². The summed E-state index contributed by atoms with van der Waals surface area (Å²) in [6.45, 7) is 8.10. The molecule has 5 heteroatoms. The van der Waals surface area contributed by atoms with Crippen LogP contribution in [0.25, 0.3) is 34.4 Å². The number of hydrogen-bond acceptors (Lipinski definition) is 3. The lowest BCUT2D eigenvalue weighted by atomic mass is 9.29. The van der Waals surface area contributed by atoms with Gasteiger partial charge in [-0.05, 0) is 127 Å². The van der Waals surface area contributed by atoms with Crippen molar-refractivity contribution >= 4 is 110 Å². The van der Waals surface area contributed by atoms with Gasteiger partial charge in [0.15, 0.2) is 0 Å². The van der Waals surface area contributed by atoms with Gasteiger partial charge in [-0.2, -0.15) is 0 Å². The van der Waals surface area contributed by atoms with Gasteiger partial charge in [0.2, 0.25) is 0 Å². The minimum absolute atomic E-state index is 0.0397. The van der Waals surface area contributed by atoms with E-state index in [0.717, 1.165) is 22.5 Å². The zero-order valence-corrected chi connectivity index (χ0v) is 34.6. The van der Waals surface area contributed by atoms with E-state index in [1.54, 1.807) is 0 Å². The van der Waals surface area contributed by atoms with Crippen molar-refractivity contribution in [2.75, 3.05) is 14.7 Å². The van der Waals surface area contributed by atoms with E-state index in [1.165, 1.54) is 94.8 Å². The summed E-state index contributed by atoms with van der Waals surface area (Å²) in [6, 6.07) is 74.4. The van der Waals surface area contributed by atoms with Gasteiger partial charge in [-0.1, -0.05) is 165 Å². The highest BCUT2D eigenvalue weighted by atomic mass is 15.2. The summed E-state index contributed by atoms with van der Waals surface area (Å²) in [5.41, 5.74) is 25.8. The van der Waals surface area contributed by atoms with Crippen molar-refractivity contribution in [1.82, 2.24) is 0 Å². The summed E-state index contributed by atoms with van der Waals surface area (Å²) >= 11 is 0. The Morgan fingerprint density at radius 3 is 1.38 bits per heavy atom. The van der Waals surface area contributed by atoms with Crippen LogP contribution >= 0.6 is 0 Å². The standard InChI is InChI=1S/C58H39B2N3/c1-3-38-27-31-40(32-28-38)42-15-12-18-45(35-42)62-51-24-11-9-20-47(51)59-48-21-13-22-49-58(48)63(53-26-14-25-52(62)56(53)59)55-37-43(41-33-29-39(4-2)30-34-41)36-54-57(55)60(49)46-19-8-10-23-50(46)61(54)44-16-6-5-7-17-44/h3-37H,1-2H2. The van der Waals surface area contributed by atoms with Gasteiger partial charge >= 0.3 is 0 Å². The number of anilines is 9. The predicted octanol–water partition coefficient (Wildman–Crippen LogP) is 11.0. The highest BCUT2D eigenvalue weighted by molar-refractivity contribution is 7.04. The molecule has 0 saturated carbocycles. The van der Waals surface area contributed by atoms with Crippen LogP contribution < -0.4 is 47.5 Å². The summed E-state index contributed by atoms with van der Waals surface area (Å²) in [5, 5.41) is 0. The van der Waals surface area contributed by atoms with Crippen LogP contribution in [-0.2, 0) is 0 Å². The third-order valence-corrected chi connectivity index (χ3v) is 13.7. The molecule has 0 aromatic heterocycles. The van der Waals surface area contributed by atoms with E-state index in [9.17, 15) is 0 Å². The van der Waals surface area contributed by atoms with Crippen molar-refractivity contribution in [1.29, 1.82) is 0 Å². The van der Waals surface area contributed by atoms with E-state index in [2.05, 4.69) is 228 Å². The molecular weight excluding hydrogens is 760 g/mol. The molecule has 0 amide bonds. The van der Waals surface area contributed by atoms with Gasteiger partial charge in [-0.25, -0.2) is 0 Å². The van der Waals surface area contributed by atoms with Crippen molar-refractivity contribution in [3.05, 3.63) is 224 Å².